The minimum absolute atomic E-state index is 0.0833. The maximum absolute atomic E-state index is 13.9. The second-order valence-corrected chi connectivity index (χ2v) is 14.5. The van der Waals surface area contributed by atoms with Crippen molar-refractivity contribution >= 4 is 27.5 Å². The van der Waals surface area contributed by atoms with E-state index in [0.717, 1.165) is 56.0 Å². The first kappa shape index (κ1) is 33.1. The van der Waals surface area contributed by atoms with Gasteiger partial charge in [-0.2, -0.15) is 4.31 Å². The molecule has 0 radical (unpaired) electrons. The van der Waals surface area contributed by atoms with Crippen LogP contribution in [0.3, 0.4) is 0 Å². The summed E-state index contributed by atoms with van der Waals surface area (Å²) in [5.74, 6) is -1.06. The van der Waals surface area contributed by atoms with Gasteiger partial charge >= 0.3 is 0 Å². The Bertz CT molecular complexity index is 1480. The van der Waals surface area contributed by atoms with Crippen LogP contribution < -0.4 is 5.32 Å². The van der Waals surface area contributed by atoms with Crippen molar-refractivity contribution < 1.29 is 22.7 Å². The van der Waals surface area contributed by atoms with Crippen molar-refractivity contribution in [3.05, 3.63) is 95.0 Å². The topological polar surface area (TPSA) is 99.6 Å². The van der Waals surface area contributed by atoms with Crippen LogP contribution >= 0.6 is 11.6 Å². The quantitative estimate of drug-likeness (QED) is 0.248. The van der Waals surface area contributed by atoms with Crippen molar-refractivity contribution in [2.24, 2.45) is 5.92 Å². The molecule has 43 heavy (non-hydrogen) atoms. The Morgan fingerprint density at radius 3 is 2.35 bits per heavy atom. The Morgan fingerprint density at radius 1 is 1.07 bits per heavy atom. The molecule has 1 aliphatic rings. The van der Waals surface area contributed by atoms with Crippen molar-refractivity contribution in [2.45, 2.75) is 81.2 Å². The molecule has 0 saturated heterocycles. The van der Waals surface area contributed by atoms with Gasteiger partial charge in [0, 0.05) is 36.8 Å². The van der Waals surface area contributed by atoms with Gasteiger partial charge < -0.3 is 10.4 Å². The lowest BCUT2D eigenvalue weighted by Crippen LogP contribution is -2.57. The predicted molar refractivity (Wildman–Crippen MR) is 167 cm³/mol. The number of carbonyl (C=O) groups excluding carboxylic acids is 1. The van der Waals surface area contributed by atoms with Crippen LogP contribution in [0.25, 0.3) is 0 Å². The number of nitrogens with one attached hydrogen (secondary N) is 1. The maximum Gasteiger partial charge on any atom is 0.243 e. The minimum atomic E-state index is -4.17. The highest BCUT2D eigenvalue weighted by atomic mass is 35.5. The maximum atomic E-state index is 13.9. The second kappa shape index (κ2) is 13.8. The summed E-state index contributed by atoms with van der Waals surface area (Å²) in [5, 5.41) is 14.6. The minimum Gasteiger partial charge on any atom is -0.389 e. The lowest BCUT2D eigenvalue weighted by molar-refractivity contribution is -0.126. The number of nitrogens with zero attached hydrogens (tertiary/aromatic N) is 2. The van der Waals surface area contributed by atoms with Gasteiger partial charge in [-0.1, -0.05) is 81.1 Å². The predicted octanol–water partition coefficient (Wildman–Crippen LogP) is 6.21. The third kappa shape index (κ3) is 7.63. The normalized spacial score (nSPS) is 17.4. The fraction of sp³-hybridized carbons (Fsp3) is 0.455. The van der Waals surface area contributed by atoms with E-state index in [2.05, 4.69) is 10.3 Å². The van der Waals surface area contributed by atoms with E-state index >= 15 is 0 Å². The fourth-order valence-corrected chi connectivity index (χ4v) is 7.92. The molecule has 4 rings (SSSR count). The second-order valence-electron chi connectivity index (χ2n) is 12.2. The molecule has 232 valence electrons. The Morgan fingerprint density at radius 2 is 1.74 bits per heavy atom. The van der Waals surface area contributed by atoms with Gasteiger partial charge in [0.2, 0.25) is 15.9 Å². The molecule has 1 aromatic heterocycles. The number of aliphatic hydroxyl groups is 1. The van der Waals surface area contributed by atoms with E-state index in [0.29, 0.717) is 5.56 Å². The molecule has 2 N–H and O–H groups in total. The summed E-state index contributed by atoms with van der Waals surface area (Å²) < 4.78 is 42.5. The third-order valence-corrected chi connectivity index (χ3v) is 10.5. The average Bonchev–Trinajstić information content (AvgIpc) is 2.99. The molecule has 1 amide bonds. The van der Waals surface area contributed by atoms with Crippen molar-refractivity contribution in [3.63, 3.8) is 0 Å². The van der Waals surface area contributed by atoms with Gasteiger partial charge in [0.1, 0.15) is 5.82 Å². The summed E-state index contributed by atoms with van der Waals surface area (Å²) in [4.78, 5) is 18.3. The van der Waals surface area contributed by atoms with E-state index in [1.54, 1.807) is 25.3 Å². The summed E-state index contributed by atoms with van der Waals surface area (Å²) in [6.07, 6.45) is 5.39. The number of carbonyl (C=O) groups is 1. The Balaban J connectivity index is 1.66. The highest BCUT2D eigenvalue weighted by molar-refractivity contribution is 7.89. The van der Waals surface area contributed by atoms with Gasteiger partial charge in [-0.3, -0.25) is 9.78 Å². The smallest absolute Gasteiger partial charge is 0.243 e. The molecular weight excluding hydrogens is 589 g/mol. The van der Waals surface area contributed by atoms with Crippen LogP contribution in [0.2, 0.25) is 5.02 Å². The van der Waals surface area contributed by atoms with E-state index in [4.69, 9.17) is 11.6 Å². The number of aromatic nitrogens is 1. The van der Waals surface area contributed by atoms with E-state index in [1.165, 1.54) is 4.31 Å². The lowest BCUT2D eigenvalue weighted by Gasteiger charge is -2.41. The summed E-state index contributed by atoms with van der Waals surface area (Å²) in [5.41, 5.74) is -0.220. The van der Waals surface area contributed by atoms with Crippen LogP contribution in [0.1, 0.15) is 70.6 Å². The molecule has 2 aromatic carbocycles. The van der Waals surface area contributed by atoms with E-state index in [1.807, 2.05) is 50.2 Å². The molecule has 0 unspecified atom stereocenters. The van der Waals surface area contributed by atoms with Crippen molar-refractivity contribution in [3.8, 4) is 0 Å². The number of amides is 1. The largest absolute Gasteiger partial charge is 0.389 e. The van der Waals surface area contributed by atoms with Crippen LogP contribution in [-0.2, 0) is 25.8 Å². The average molecular weight is 630 g/mol. The lowest BCUT2D eigenvalue weighted by atomic mass is 9.69. The third-order valence-electron chi connectivity index (χ3n) is 8.43. The zero-order valence-corrected chi connectivity index (χ0v) is 26.5. The first-order valence-electron chi connectivity index (χ1n) is 14.8. The van der Waals surface area contributed by atoms with Gasteiger partial charge in [0.05, 0.1) is 21.6 Å². The molecule has 0 spiro atoms. The molecule has 0 bridgehead atoms. The molecule has 3 aromatic rings. The van der Waals surface area contributed by atoms with Gasteiger partial charge in [0.25, 0.3) is 0 Å². The summed E-state index contributed by atoms with van der Waals surface area (Å²) in [6, 6.07) is 18.1. The fourth-order valence-electron chi connectivity index (χ4n) is 6.04. The van der Waals surface area contributed by atoms with Gasteiger partial charge in [0.15, 0.2) is 0 Å². The van der Waals surface area contributed by atoms with Crippen LogP contribution in [0.5, 0.6) is 0 Å². The summed E-state index contributed by atoms with van der Waals surface area (Å²) in [7, 11) is -4.17. The van der Waals surface area contributed by atoms with Gasteiger partial charge in [-0.15, -0.1) is 0 Å². The van der Waals surface area contributed by atoms with E-state index < -0.39 is 32.9 Å². The SMILES string of the molecule is CC(C)CN(C[C@@H](O)[C@@](C)(NC(=O)CC1(c2ccccn2)CCCCC1)c1ccccc1)S(=O)(=O)c1ccc(F)c(Cl)c1. The molecule has 1 aliphatic carbocycles. The Kier molecular flexibility index (Phi) is 10.6. The number of hydrogen-bond acceptors (Lipinski definition) is 5. The van der Waals surface area contributed by atoms with Crippen LogP contribution in [-0.4, -0.2) is 47.9 Å². The number of sulfonamides is 1. The molecule has 0 aliphatic heterocycles. The Labute approximate surface area is 259 Å². The van der Waals surface area contributed by atoms with Gasteiger partial charge in [-0.25, -0.2) is 12.8 Å². The standard InChI is InChI=1S/C33H41ClFN3O4S/c1-24(2)22-38(43(41,42)26-15-16-28(35)27(34)20-26)23-30(39)32(3,25-12-6-4-7-13-25)37-31(40)21-33(17-9-5-10-18-33)29-14-8-11-19-36-29/h4,6-8,11-16,19-20,24,30,39H,5,9-10,17-18,21-23H2,1-3H3,(H,37,40)/t30-,32+/m1/s1. The molecule has 10 heteroatoms. The van der Waals surface area contributed by atoms with E-state index in [9.17, 15) is 22.7 Å². The number of halogens is 2. The highest BCUT2D eigenvalue weighted by Gasteiger charge is 2.43. The molecule has 2 atom stereocenters. The first-order valence-corrected chi connectivity index (χ1v) is 16.6. The van der Waals surface area contributed by atoms with E-state index in [-0.39, 0.29) is 41.3 Å². The monoisotopic (exact) mass is 629 g/mol. The van der Waals surface area contributed by atoms with Crippen LogP contribution in [0.4, 0.5) is 4.39 Å². The van der Waals surface area contributed by atoms with Crippen molar-refractivity contribution in [1.82, 2.24) is 14.6 Å². The molecule has 1 fully saturated rings. The summed E-state index contributed by atoms with van der Waals surface area (Å²) >= 11 is 5.92. The zero-order valence-electron chi connectivity index (χ0n) is 25.0. The number of pyridine rings is 1. The number of aliphatic hydroxyl groups excluding tert-OH is 1. The summed E-state index contributed by atoms with van der Waals surface area (Å²) in [6.45, 7) is 5.23. The highest BCUT2D eigenvalue weighted by Crippen LogP contribution is 2.42. The molecule has 1 saturated carbocycles. The molecule has 1 heterocycles. The first-order chi connectivity index (χ1) is 20.4. The Hall–Kier alpha value is -2.85. The van der Waals surface area contributed by atoms with Crippen molar-refractivity contribution in [1.29, 1.82) is 0 Å². The van der Waals surface area contributed by atoms with Crippen LogP contribution in [0, 0.1) is 11.7 Å². The molecular formula is C33H41ClFN3O4S. The number of benzene rings is 2. The van der Waals surface area contributed by atoms with Crippen LogP contribution in [0.15, 0.2) is 77.8 Å². The number of rotatable bonds is 12. The zero-order chi connectivity index (χ0) is 31.3. The molecule has 7 nitrogen and oxygen atoms in total. The number of hydrogen-bond donors (Lipinski definition) is 2. The van der Waals surface area contributed by atoms with Crippen molar-refractivity contribution in [2.75, 3.05) is 13.1 Å². The van der Waals surface area contributed by atoms with Gasteiger partial charge in [-0.05, 0) is 61.6 Å².